The van der Waals surface area contributed by atoms with Crippen molar-refractivity contribution in [2.45, 2.75) is 19.5 Å². The monoisotopic (exact) mass is 298 g/mol. The number of benzene rings is 1. The summed E-state index contributed by atoms with van der Waals surface area (Å²) in [6.45, 7) is 3.10. The van der Waals surface area contributed by atoms with E-state index in [1.54, 1.807) is 28.0 Å². The van der Waals surface area contributed by atoms with Crippen molar-refractivity contribution in [1.29, 1.82) is 0 Å². The second-order valence-corrected chi connectivity index (χ2v) is 5.40. The number of rotatable bonds is 3. The van der Waals surface area contributed by atoms with E-state index in [-0.39, 0.29) is 18.4 Å². The van der Waals surface area contributed by atoms with Gasteiger partial charge in [0.2, 0.25) is 11.8 Å². The predicted molar refractivity (Wildman–Crippen MR) is 80.9 cm³/mol. The molecule has 1 aromatic carbocycles. The van der Waals surface area contributed by atoms with Crippen molar-refractivity contribution in [2.75, 3.05) is 13.1 Å². The topological polar surface area (TPSA) is 67.2 Å². The number of aromatic nitrogens is 2. The third kappa shape index (κ3) is 2.86. The quantitative estimate of drug-likeness (QED) is 0.915. The summed E-state index contributed by atoms with van der Waals surface area (Å²) in [6.07, 6.45) is 3.37. The molecule has 1 aliphatic rings. The molecule has 1 fully saturated rings. The highest BCUT2D eigenvalue weighted by Gasteiger charge is 2.34. The predicted octanol–water partition coefficient (Wildman–Crippen LogP) is 0.891. The molecular weight excluding hydrogens is 280 g/mol. The van der Waals surface area contributed by atoms with E-state index in [1.807, 2.05) is 31.2 Å². The van der Waals surface area contributed by atoms with Gasteiger partial charge in [-0.1, -0.05) is 29.8 Å². The lowest BCUT2D eigenvalue weighted by molar-refractivity contribution is -0.144. The van der Waals surface area contributed by atoms with Crippen LogP contribution in [0.5, 0.6) is 0 Å². The first-order chi connectivity index (χ1) is 10.6. The van der Waals surface area contributed by atoms with E-state index < -0.39 is 6.04 Å². The number of amides is 2. The molecule has 22 heavy (non-hydrogen) atoms. The zero-order chi connectivity index (χ0) is 15.5. The van der Waals surface area contributed by atoms with Crippen LogP contribution >= 0.6 is 0 Å². The summed E-state index contributed by atoms with van der Waals surface area (Å²) < 4.78 is 1.57. The van der Waals surface area contributed by atoms with Gasteiger partial charge < -0.3 is 10.2 Å². The standard InChI is InChI=1S/C16H18N4O2/c1-12-4-2-5-13(10-12)15-16(22)17-7-9-20(15)14(21)11-19-8-3-6-18-19/h2-6,8,10,15H,7,9,11H2,1H3,(H,17,22). The Morgan fingerprint density at radius 1 is 1.41 bits per heavy atom. The third-order valence-corrected chi connectivity index (χ3v) is 3.75. The Balaban J connectivity index is 1.86. The summed E-state index contributed by atoms with van der Waals surface area (Å²) in [5, 5.41) is 6.89. The molecule has 1 saturated heterocycles. The minimum absolute atomic E-state index is 0.106. The first-order valence-corrected chi connectivity index (χ1v) is 7.26. The number of carbonyl (C=O) groups is 2. The lowest BCUT2D eigenvalue weighted by Gasteiger charge is -2.35. The molecule has 6 heteroatoms. The Morgan fingerprint density at radius 3 is 3.00 bits per heavy atom. The molecule has 1 aromatic heterocycles. The molecule has 3 rings (SSSR count). The van der Waals surface area contributed by atoms with Gasteiger partial charge in [-0.25, -0.2) is 0 Å². The molecule has 0 spiro atoms. The van der Waals surface area contributed by atoms with Crippen molar-refractivity contribution in [2.24, 2.45) is 0 Å². The van der Waals surface area contributed by atoms with Crippen molar-refractivity contribution in [3.05, 3.63) is 53.9 Å². The Bertz CT molecular complexity index is 681. The van der Waals surface area contributed by atoms with Gasteiger partial charge in [0.25, 0.3) is 0 Å². The zero-order valence-corrected chi connectivity index (χ0v) is 12.4. The van der Waals surface area contributed by atoms with Crippen LogP contribution in [0, 0.1) is 6.92 Å². The summed E-state index contributed by atoms with van der Waals surface area (Å²) in [5.41, 5.74) is 1.90. The SMILES string of the molecule is Cc1cccc(C2C(=O)NCCN2C(=O)Cn2cccn2)c1. The third-order valence-electron chi connectivity index (χ3n) is 3.75. The van der Waals surface area contributed by atoms with Gasteiger partial charge in [0.1, 0.15) is 12.6 Å². The van der Waals surface area contributed by atoms with Crippen LogP contribution in [0.25, 0.3) is 0 Å². The number of carbonyl (C=O) groups excluding carboxylic acids is 2. The van der Waals surface area contributed by atoms with Crippen molar-refractivity contribution in [3.8, 4) is 0 Å². The summed E-state index contributed by atoms with van der Waals surface area (Å²) in [6, 6.07) is 8.91. The molecule has 1 N–H and O–H groups in total. The van der Waals surface area contributed by atoms with Gasteiger partial charge in [-0.2, -0.15) is 5.10 Å². The molecule has 1 atom stereocenters. The van der Waals surface area contributed by atoms with Gasteiger partial charge >= 0.3 is 0 Å². The van der Waals surface area contributed by atoms with Gasteiger partial charge in [0, 0.05) is 25.5 Å². The fraction of sp³-hybridized carbons (Fsp3) is 0.312. The van der Waals surface area contributed by atoms with Gasteiger partial charge in [-0.3, -0.25) is 14.3 Å². The van der Waals surface area contributed by atoms with Crippen LogP contribution in [0.3, 0.4) is 0 Å². The van der Waals surface area contributed by atoms with Crippen LogP contribution in [0.2, 0.25) is 0 Å². The summed E-state index contributed by atoms with van der Waals surface area (Å²) >= 11 is 0. The van der Waals surface area contributed by atoms with E-state index in [4.69, 9.17) is 0 Å². The van der Waals surface area contributed by atoms with Crippen LogP contribution in [0.1, 0.15) is 17.2 Å². The molecule has 0 bridgehead atoms. The fourth-order valence-electron chi connectivity index (χ4n) is 2.73. The van der Waals surface area contributed by atoms with Crippen LogP contribution in [-0.4, -0.2) is 39.6 Å². The second kappa shape index (κ2) is 6.01. The average molecular weight is 298 g/mol. The molecule has 1 unspecified atom stereocenters. The van der Waals surface area contributed by atoms with Crippen molar-refractivity contribution in [1.82, 2.24) is 20.0 Å². The lowest BCUT2D eigenvalue weighted by atomic mass is 10.0. The first-order valence-electron chi connectivity index (χ1n) is 7.26. The normalized spacial score (nSPS) is 18.1. The first kappa shape index (κ1) is 14.3. The summed E-state index contributed by atoms with van der Waals surface area (Å²) in [7, 11) is 0. The van der Waals surface area contributed by atoms with E-state index in [2.05, 4.69) is 10.4 Å². The number of hydrogen-bond acceptors (Lipinski definition) is 3. The molecular formula is C16H18N4O2. The maximum absolute atomic E-state index is 12.6. The molecule has 2 heterocycles. The van der Waals surface area contributed by atoms with E-state index in [9.17, 15) is 9.59 Å². The van der Waals surface area contributed by atoms with Crippen LogP contribution < -0.4 is 5.32 Å². The molecule has 0 saturated carbocycles. The van der Waals surface area contributed by atoms with Crippen LogP contribution in [0.15, 0.2) is 42.7 Å². The highest BCUT2D eigenvalue weighted by Crippen LogP contribution is 2.24. The van der Waals surface area contributed by atoms with Crippen LogP contribution in [-0.2, 0) is 16.1 Å². The molecule has 0 aliphatic carbocycles. The second-order valence-electron chi connectivity index (χ2n) is 5.40. The smallest absolute Gasteiger partial charge is 0.247 e. The Morgan fingerprint density at radius 2 is 2.27 bits per heavy atom. The molecule has 114 valence electrons. The Kier molecular flexibility index (Phi) is 3.91. The number of nitrogens with zero attached hydrogens (tertiary/aromatic N) is 3. The molecule has 2 aromatic rings. The van der Waals surface area contributed by atoms with Gasteiger partial charge in [0.05, 0.1) is 0 Å². The minimum Gasteiger partial charge on any atom is -0.352 e. The van der Waals surface area contributed by atoms with E-state index in [1.165, 1.54) is 0 Å². The Labute approximate surface area is 128 Å². The number of aryl methyl sites for hydroxylation is 1. The van der Waals surface area contributed by atoms with Crippen molar-refractivity contribution in [3.63, 3.8) is 0 Å². The average Bonchev–Trinajstić information content (AvgIpc) is 2.99. The minimum atomic E-state index is -0.572. The maximum atomic E-state index is 12.6. The molecule has 0 radical (unpaired) electrons. The highest BCUT2D eigenvalue weighted by atomic mass is 16.2. The van der Waals surface area contributed by atoms with Gasteiger partial charge in [-0.05, 0) is 18.6 Å². The van der Waals surface area contributed by atoms with Crippen LogP contribution in [0.4, 0.5) is 0 Å². The number of piperazine rings is 1. The maximum Gasteiger partial charge on any atom is 0.247 e. The largest absolute Gasteiger partial charge is 0.352 e. The molecule has 1 aliphatic heterocycles. The lowest BCUT2D eigenvalue weighted by Crippen LogP contribution is -2.52. The van der Waals surface area contributed by atoms with Gasteiger partial charge in [0.15, 0.2) is 0 Å². The van der Waals surface area contributed by atoms with Gasteiger partial charge in [-0.15, -0.1) is 0 Å². The fourth-order valence-corrected chi connectivity index (χ4v) is 2.73. The number of nitrogens with one attached hydrogen (secondary N) is 1. The number of hydrogen-bond donors (Lipinski definition) is 1. The van der Waals surface area contributed by atoms with Crippen molar-refractivity contribution >= 4 is 11.8 Å². The Hall–Kier alpha value is -2.63. The van der Waals surface area contributed by atoms with E-state index >= 15 is 0 Å². The highest BCUT2D eigenvalue weighted by molar-refractivity contribution is 5.89. The van der Waals surface area contributed by atoms with E-state index in [0.29, 0.717) is 13.1 Å². The zero-order valence-electron chi connectivity index (χ0n) is 12.4. The van der Waals surface area contributed by atoms with Crippen molar-refractivity contribution < 1.29 is 9.59 Å². The summed E-state index contributed by atoms with van der Waals surface area (Å²) in [5.74, 6) is -0.240. The molecule has 2 amide bonds. The summed E-state index contributed by atoms with van der Waals surface area (Å²) in [4.78, 5) is 26.5. The van der Waals surface area contributed by atoms with E-state index in [0.717, 1.165) is 11.1 Å². The molecule has 6 nitrogen and oxygen atoms in total.